The molecule has 0 aromatic heterocycles. The van der Waals surface area contributed by atoms with Crippen LogP contribution in [0.4, 0.5) is 10.1 Å². The van der Waals surface area contributed by atoms with Gasteiger partial charge < -0.3 is 10.6 Å². The molecule has 0 spiro atoms. The monoisotopic (exact) mass is 335 g/mol. The van der Waals surface area contributed by atoms with Crippen LogP contribution in [0, 0.1) is 5.82 Å². The Bertz CT molecular complexity index is 562. The molecule has 1 aliphatic rings. The Labute approximate surface area is 142 Å². The van der Waals surface area contributed by atoms with Gasteiger partial charge in [-0.1, -0.05) is 13.3 Å². The topological polar surface area (TPSA) is 66.6 Å². The lowest BCUT2D eigenvalue weighted by Gasteiger charge is -2.36. The summed E-state index contributed by atoms with van der Waals surface area (Å²) in [5.41, 5.74) is 5.81. The minimum atomic E-state index is -0.459. The van der Waals surface area contributed by atoms with Crippen molar-refractivity contribution in [1.82, 2.24) is 4.90 Å². The molecule has 1 aromatic rings. The molecule has 2 amide bonds. The van der Waals surface area contributed by atoms with E-state index in [2.05, 4.69) is 11.8 Å². The van der Waals surface area contributed by atoms with Gasteiger partial charge in [-0.2, -0.15) is 0 Å². The van der Waals surface area contributed by atoms with Gasteiger partial charge in [-0.05, 0) is 50.1 Å². The van der Waals surface area contributed by atoms with E-state index in [0.717, 1.165) is 25.8 Å². The van der Waals surface area contributed by atoms with Gasteiger partial charge in [-0.15, -0.1) is 0 Å². The number of amides is 2. The highest BCUT2D eigenvalue weighted by Gasteiger charge is 2.25. The van der Waals surface area contributed by atoms with E-state index in [-0.39, 0.29) is 24.7 Å². The van der Waals surface area contributed by atoms with Crippen molar-refractivity contribution in [3.05, 3.63) is 30.1 Å². The summed E-state index contributed by atoms with van der Waals surface area (Å²) in [5, 5.41) is 0. The van der Waals surface area contributed by atoms with E-state index >= 15 is 0 Å². The van der Waals surface area contributed by atoms with Crippen LogP contribution in [0.1, 0.15) is 39.0 Å². The van der Waals surface area contributed by atoms with E-state index in [1.807, 2.05) is 0 Å². The van der Waals surface area contributed by atoms with Crippen LogP contribution in [0.5, 0.6) is 0 Å². The predicted molar refractivity (Wildman–Crippen MR) is 92.1 cm³/mol. The van der Waals surface area contributed by atoms with Crippen molar-refractivity contribution < 1.29 is 14.0 Å². The van der Waals surface area contributed by atoms with Gasteiger partial charge in [0.25, 0.3) is 0 Å². The molecule has 2 N–H and O–H groups in total. The average molecular weight is 335 g/mol. The zero-order valence-electron chi connectivity index (χ0n) is 14.2. The number of piperidine rings is 1. The van der Waals surface area contributed by atoms with Crippen LogP contribution in [0.25, 0.3) is 0 Å². The lowest BCUT2D eigenvalue weighted by Crippen LogP contribution is -2.47. The van der Waals surface area contributed by atoms with E-state index in [4.69, 9.17) is 5.73 Å². The molecule has 1 fully saturated rings. The highest BCUT2D eigenvalue weighted by molar-refractivity contribution is 5.95. The summed E-state index contributed by atoms with van der Waals surface area (Å²) < 4.78 is 13.1. The summed E-state index contributed by atoms with van der Waals surface area (Å²) in [4.78, 5) is 27.7. The Morgan fingerprint density at radius 3 is 2.62 bits per heavy atom. The van der Waals surface area contributed by atoms with Crippen LogP contribution in [-0.2, 0) is 9.59 Å². The Hall–Kier alpha value is -1.95. The first-order chi connectivity index (χ1) is 11.5. The molecule has 0 aliphatic carbocycles. The number of nitrogens with two attached hydrogens (primary N) is 1. The number of carbonyl (C=O) groups is 2. The molecule has 6 heteroatoms. The molecule has 2 rings (SSSR count). The number of halogens is 1. The Morgan fingerprint density at radius 1 is 1.29 bits per heavy atom. The van der Waals surface area contributed by atoms with Crippen molar-refractivity contribution in [2.45, 2.75) is 45.1 Å². The molecule has 1 unspecified atom stereocenters. The maximum atomic E-state index is 13.1. The van der Waals surface area contributed by atoms with E-state index in [9.17, 15) is 14.0 Å². The molecule has 132 valence electrons. The van der Waals surface area contributed by atoms with Crippen molar-refractivity contribution >= 4 is 17.5 Å². The number of benzene rings is 1. The number of carbonyl (C=O) groups excluding carboxylic acids is 2. The highest BCUT2D eigenvalue weighted by Crippen LogP contribution is 2.21. The fraction of sp³-hybridized carbons (Fsp3) is 0.556. The van der Waals surface area contributed by atoms with E-state index < -0.39 is 5.91 Å². The third-order valence-electron chi connectivity index (χ3n) is 4.58. The number of anilines is 1. The molecule has 1 saturated heterocycles. The van der Waals surface area contributed by atoms with Gasteiger partial charge in [0.15, 0.2) is 0 Å². The molecule has 1 atom stereocenters. The van der Waals surface area contributed by atoms with Crippen LogP contribution in [-0.4, -0.2) is 42.4 Å². The van der Waals surface area contributed by atoms with E-state index in [1.165, 1.54) is 23.5 Å². The minimum Gasteiger partial charge on any atom is -0.370 e. The normalized spacial score (nSPS) is 18.3. The van der Waals surface area contributed by atoms with Gasteiger partial charge in [0.05, 0.1) is 6.54 Å². The molecule has 1 aromatic carbocycles. The summed E-state index contributed by atoms with van der Waals surface area (Å²) in [6.07, 6.45) is 4.52. The van der Waals surface area contributed by atoms with Gasteiger partial charge in [0, 0.05) is 24.7 Å². The Morgan fingerprint density at radius 2 is 2.00 bits per heavy atom. The molecule has 0 radical (unpaired) electrons. The summed E-state index contributed by atoms with van der Waals surface area (Å²) in [7, 11) is 0. The van der Waals surface area contributed by atoms with Crippen LogP contribution in [0.3, 0.4) is 0 Å². The van der Waals surface area contributed by atoms with Crippen LogP contribution >= 0.6 is 0 Å². The first kappa shape index (κ1) is 18.4. The van der Waals surface area contributed by atoms with E-state index in [0.29, 0.717) is 18.3 Å². The van der Waals surface area contributed by atoms with E-state index in [1.54, 1.807) is 12.1 Å². The minimum absolute atomic E-state index is 0.0804. The number of likely N-dealkylation sites (tertiary alicyclic amines) is 1. The lowest BCUT2D eigenvalue weighted by atomic mass is 10.00. The Balaban J connectivity index is 2.11. The van der Waals surface area contributed by atoms with Crippen LogP contribution in [0.2, 0.25) is 0 Å². The van der Waals surface area contributed by atoms with Gasteiger partial charge in [0.1, 0.15) is 5.82 Å². The zero-order chi connectivity index (χ0) is 17.5. The first-order valence-electron chi connectivity index (χ1n) is 8.59. The third kappa shape index (κ3) is 5.03. The summed E-state index contributed by atoms with van der Waals surface area (Å²) >= 11 is 0. The molecule has 0 saturated carbocycles. The largest absolute Gasteiger partial charge is 0.370 e. The first-order valence-corrected chi connectivity index (χ1v) is 8.59. The second-order valence-corrected chi connectivity index (χ2v) is 6.27. The summed E-state index contributed by atoms with van der Waals surface area (Å²) in [6, 6.07) is 6.17. The number of rotatable bonds is 7. The highest BCUT2D eigenvalue weighted by atomic mass is 19.1. The SMILES string of the molecule is CCC1CCCCN1CC(=O)N(CCC(N)=O)c1ccc(F)cc1. The maximum absolute atomic E-state index is 13.1. The van der Waals surface area contributed by atoms with Crippen molar-refractivity contribution in [2.75, 3.05) is 24.5 Å². The van der Waals surface area contributed by atoms with Gasteiger partial charge in [0.2, 0.25) is 11.8 Å². The number of primary amides is 1. The number of nitrogens with zero attached hydrogens (tertiary/aromatic N) is 2. The van der Waals surface area contributed by atoms with Gasteiger partial charge in [-0.25, -0.2) is 4.39 Å². The lowest BCUT2D eigenvalue weighted by molar-refractivity contribution is -0.121. The average Bonchev–Trinajstić information content (AvgIpc) is 2.57. The fourth-order valence-electron chi connectivity index (χ4n) is 3.23. The summed E-state index contributed by atoms with van der Waals surface area (Å²) in [5.74, 6) is -0.898. The fourth-order valence-corrected chi connectivity index (χ4v) is 3.23. The molecular formula is C18H26FN3O2. The molecule has 1 aliphatic heterocycles. The maximum Gasteiger partial charge on any atom is 0.241 e. The van der Waals surface area contributed by atoms with Gasteiger partial charge in [-0.3, -0.25) is 14.5 Å². The van der Waals surface area contributed by atoms with Crippen molar-refractivity contribution in [3.63, 3.8) is 0 Å². The quantitative estimate of drug-likeness (QED) is 0.831. The molecule has 1 heterocycles. The predicted octanol–water partition coefficient (Wildman–Crippen LogP) is 2.30. The molecule has 24 heavy (non-hydrogen) atoms. The molecular weight excluding hydrogens is 309 g/mol. The van der Waals surface area contributed by atoms with Crippen LogP contribution in [0.15, 0.2) is 24.3 Å². The number of hydrogen-bond donors (Lipinski definition) is 1. The van der Waals surface area contributed by atoms with Crippen molar-refractivity contribution in [3.8, 4) is 0 Å². The van der Waals surface area contributed by atoms with Crippen molar-refractivity contribution in [1.29, 1.82) is 0 Å². The zero-order valence-corrected chi connectivity index (χ0v) is 14.2. The van der Waals surface area contributed by atoms with Gasteiger partial charge >= 0.3 is 0 Å². The smallest absolute Gasteiger partial charge is 0.241 e. The second kappa shape index (κ2) is 8.78. The van der Waals surface area contributed by atoms with Crippen molar-refractivity contribution in [2.24, 2.45) is 5.73 Å². The molecule has 5 nitrogen and oxygen atoms in total. The second-order valence-electron chi connectivity index (χ2n) is 6.27. The number of hydrogen-bond acceptors (Lipinski definition) is 3. The Kier molecular flexibility index (Phi) is 6.73. The standard InChI is InChI=1S/C18H26FN3O2/c1-2-15-5-3-4-11-21(15)13-18(24)22(12-10-17(20)23)16-8-6-14(19)7-9-16/h6-9,15H,2-5,10-13H2,1H3,(H2,20,23). The summed E-state index contributed by atoms with van der Waals surface area (Å²) in [6.45, 7) is 3.58. The van der Waals surface area contributed by atoms with Crippen LogP contribution < -0.4 is 10.6 Å². The third-order valence-corrected chi connectivity index (χ3v) is 4.58. The molecule has 0 bridgehead atoms.